The van der Waals surface area contributed by atoms with Gasteiger partial charge in [-0.1, -0.05) is 23.7 Å². The first-order valence-corrected chi connectivity index (χ1v) is 11.0. The lowest BCUT2D eigenvalue weighted by atomic mass is 9.89. The number of benzene rings is 1. The number of hydrogen-bond acceptors (Lipinski definition) is 4. The van der Waals surface area contributed by atoms with Crippen LogP contribution in [-0.4, -0.2) is 66.7 Å². The SMILES string of the molecule is O=C1CCOC2(CCN(C(=O)C3CCOCC3)CC2)CN1Cc1ccc(Cl)cc1. The van der Waals surface area contributed by atoms with Crippen LogP contribution in [0.15, 0.2) is 24.3 Å². The van der Waals surface area contributed by atoms with Gasteiger partial charge in [-0.25, -0.2) is 0 Å². The van der Waals surface area contributed by atoms with Crippen molar-refractivity contribution in [3.8, 4) is 0 Å². The summed E-state index contributed by atoms with van der Waals surface area (Å²) in [6.07, 6.45) is 3.58. The first kappa shape index (κ1) is 20.6. The summed E-state index contributed by atoms with van der Waals surface area (Å²) in [5.41, 5.74) is 0.706. The van der Waals surface area contributed by atoms with Gasteiger partial charge in [0.1, 0.15) is 0 Å². The minimum Gasteiger partial charge on any atom is -0.381 e. The summed E-state index contributed by atoms with van der Waals surface area (Å²) in [5.74, 6) is 0.472. The summed E-state index contributed by atoms with van der Waals surface area (Å²) < 4.78 is 11.6. The largest absolute Gasteiger partial charge is 0.381 e. The highest BCUT2D eigenvalue weighted by atomic mass is 35.5. The van der Waals surface area contributed by atoms with Crippen LogP contribution in [-0.2, 0) is 25.6 Å². The lowest BCUT2D eigenvalue weighted by Gasteiger charge is -2.43. The van der Waals surface area contributed by atoms with Crippen LogP contribution < -0.4 is 0 Å². The van der Waals surface area contributed by atoms with Crippen molar-refractivity contribution in [1.82, 2.24) is 9.80 Å². The third kappa shape index (κ3) is 4.93. The van der Waals surface area contributed by atoms with E-state index in [4.69, 9.17) is 21.1 Å². The summed E-state index contributed by atoms with van der Waals surface area (Å²) in [5, 5.41) is 0.692. The molecule has 2 amide bonds. The number of rotatable bonds is 3. The van der Waals surface area contributed by atoms with Crippen LogP contribution in [0.1, 0.15) is 37.7 Å². The molecule has 1 spiro atoms. The normalized spacial score (nSPS) is 23.3. The zero-order valence-electron chi connectivity index (χ0n) is 16.8. The Morgan fingerprint density at radius 2 is 1.79 bits per heavy atom. The maximum atomic E-state index is 12.8. The number of likely N-dealkylation sites (tertiary alicyclic amines) is 1. The highest BCUT2D eigenvalue weighted by Crippen LogP contribution is 2.32. The maximum Gasteiger partial charge on any atom is 0.225 e. The topological polar surface area (TPSA) is 59.1 Å². The Labute approximate surface area is 177 Å². The van der Waals surface area contributed by atoms with Crippen LogP contribution in [0.25, 0.3) is 0 Å². The van der Waals surface area contributed by atoms with Gasteiger partial charge < -0.3 is 19.3 Å². The van der Waals surface area contributed by atoms with Crippen LogP contribution in [0, 0.1) is 5.92 Å². The van der Waals surface area contributed by atoms with E-state index in [1.165, 1.54) is 0 Å². The van der Waals surface area contributed by atoms with E-state index < -0.39 is 0 Å². The van der Waals surface area contributed by atoms with E-state index in [0.717, 1.165) is 31.2 Å². The maximum absolute atomic E-state index is 12.8. The fraction of sp³-hybridized carbons (Fsp3) is 0.636. The third-order valence-corrected chi connectivity index (χ3v) is 6.65. The van der Waals surface area contributed by atoms with Gasteiger partial charge in [0.05, 0.1) is 25.2 Å². The Bertz CT molecular complexity index is 725. The minimum absolute atomic E-state index is 0.0934. The van der Waals surface area contributed by atoms with Gasteiger partial charge >= 0.3 is 0 Å². The molecule has 0 saturated carbocycles. The molecule has 1 aromatic rings. The molecule has 3 fully saturated rings. The Balaban J connectivity index is 1.39. The Morgan fingerprint density at radius 3 is 2.48 bits per heavy atom. The van der Waals surface area contributed by atoms with Gasteiger partial charge in [0.25, 0.3) is 0 Å². The Morgan fingerprint density at radius 1 is 1.10 bits per heavy atom. The van der Waals surface area contributed by atoms with Gasteiger partial charge in [-0.05, 0) is 43.4 Å². The molecule has 29 heavy (non-hydrogen) atoms. The fourth-order valence-electron chi connectivity index (χ4n) is 4.59. The van der Waals surface area contributed by atoms with Gasteiger partial charge in [-0.2, -0.15) is 0 Å². The average molecular weight is 421 g/mol. The molecule has 6 nitrogen and oxygen atoms in total. The first-order valence-electron chi connectivity index (χ1n) is 10.6. The Kier molecular flexibility index (Phi) is 6.42. The van der Waals surface area contributed by atoms with Crippen molar-refractivity contribution in [1.29, 1.82) is 0 Å². The summed E-state index contributed by atoms with van der Waals surface area (Å²) in [7, 11) is 0. The van der Waals surface area contributed by atoms with Gasteiger partial charge in [0, 0.05) is 43.8 Å². The van der Waals surface area contributed by atoms with Gasteiger partial charge in [-0.15, -0.1) is 0 Å². The van der Waals surface area contributed by atoms with E-state index in [1.807, 2.05) is 34.1 Å². The van der Waals surface area contributed by atoms with Gasteiger partial charge in [0.2, 0.25) is 11.8 Å². The molecule has 0 bridgehead atoms. The second-order valence-corrected chi connectivity index (χ2v) is 8.81. The average Bonchev–Trinajstić information content (AvgIpc) is 2.89. The van der Waals surface area contributed by atoms with E-state index in [-0.39, 0.29) is 23.3 Å². The standard InChI is InChI=1S/C22H29ClN2O4/c23-19-3-1-17(2-4-19)15-25-16-22(29-14-7-20(25)26)8-10-24(11-9-22)21(27)18-5-12-28-13-6-18/h1-4,18H,5-16H2. The number of ether oxygens (including phenoxy) is 2. The van der Waals surface area contributed by atoms with Crippen molar-refractivity contribution in [3.05, 3.63) is 34.9 Å². The highest BCUT2D eigenvalue weighted by Gasteiger charge is 2.42. The first-order chi connectivity index (χ1) is 14.0. The Hall–Kier alpha value is -1.63. The molecule has 0 radical (unpaired) electrons. The van der Waals surface area contributed by atoms with Gasteiger partial charge in [-0.3, -0.25) is 9.59 Å². The van der Waals surface area contributed by atoms with Crippen molar-refractivity contribution < 1.29 is 19.1 Å². The predicted molar refractivity (Wildman–Crippen MR) is 110 cm³/mol. The van der Waals surface area contributed by atoms with Crippen molar-refractivity contribution in [2.45, 2.75) is 44.2 Å². The smallest absolute Gasteiger partial charge is 0.225 e. The van der Waals surface area contributed by atoms with Gasteiger partial charge in [0.15, 0.2) is 0 Å². The lowest BCUT2D eigenvalue weighted by Crippen LogP contribution is -2.54. The molecule has 3 aliphatic heterocycles. The lowest BCUT2D eigenvalue weighted by molar-refractivity contribution is -0.146. The number of hydrogen-bond donors (Lipinski definition) is 0. The van der Waals surface area contributed by atoms with Crippen LogP contribution in [0.2, 0.25) is 5.02 Å². The second-order valence-electron chi connectivity index (χ2n) is 8.37. The molecule has 0 atom stereocenters. The highest BCUT2D eigenvalue weighted by molar-refractivity contribution is 6.30. The molecule has 3 saturated heterocycles. The van der Waals surface area contributed by atoms with E-state index >= 15 is 0 Å². The molecule has 158 valence electrons. The van der Waals surface area contributed by atoms with E-state index in [0.29, 0.717) is 57.4 Å². The van der Waals surface area contributed by atoms with Crippen LogP contribution >= 0.6 is 11.6 Å². The summed E-state index contributed by atoms with van der Waals surface area (Å²) in [6.45, 7) is 4.33. The molecular weight excluding hydrogens is 392 g/mol. The molecule has 3 aliphatic rings. The van der Waals surface area contributed by atoms with E-state index in [2.05, 4.69) is 0 Å². The predicted octanol–water partition coefficient (Wildman–Crippen LogP) is 2.88. The minimum atomic E-state index is -0.356. The van der Waals surface area contributed by atoms with E-state index in [9.17, 15) is 9.59 Å². The molecular formula is C22H29ClN2O4. The quantitative estimate of drug-likeness (QED) is 0.754. The molecule has 0 aromatic heterocycles. The zero-order chi connectivity index (χ0) is 20.3. The zero-order valence-corrected chi connectivity index (χ0v) is 17.5. The van der Waals surface area contributed by atoms with Crippen molar-refractivity contribution in [3.63, 3.8) is 0 Å². The monoisotopic (exact) mass is 420 g/mol. The number of halogens is 1. The van der Waals surface area contributed by atoms with Crippen molar-refractivity contribution in [2.75, 3.05) is 39.5 Å². The fourth-order valence-corrected chi connectivity index (χ4v) is 4.71. The second kappa shape index (κ2) is 9.02. The van der Waals surface area contributed by atoms with Crippen LogP contribution in [0.3, 0.4) is 0 Å². The number of nitrogens with zero attached hydrogens (tertiary/aromatic N) is 2. The number of piperidine rings is 1. The molecule has 4 rings (SSSR count). The summed E-state index contributed by atoms with van der Waals surface area (Å²) >= 11 is 5.98. The summed E-state index contributed by atoms with van der Waals surface area (Å²) in [4.78, 5) is 29.4. The molecule has 0 N–H and O–H groups in total. The number of carbonyl (C=O) groups is 2. The van der Waals surface area contributed by atoms with Crippen LogP contribution in [0.4, 0.5) is 0 Å². The molecule has 0 unspecified atom stereocenters. The molecule has 0 aliphatic carbocycles. The summed E-state index contributed by atoms with van der Waals surface area (Å²) in [6, 6.07) is 7.63. The molecule has 3 heterocycles. The molecule has 7 heteroatoms. The molecule has 1 aromatic carbocycles. The van der Waals surface area contributed by atoms with Crippen molar-refractivity contribution in [2.24, 2.45) is 5.92 Å². The number of carbonyl (C=O) groups excluding carboxylic acids is 2. The third-order valence-electron chi connectivity index (χ3n) is 6.40. The van der Waals surface area contributed by atoms with Crippen molar-refractivity contribution >= 4 is 23.4 Å². The van der Waals surface area contributed by atoms with Crippen LogP contribution in [0.5, 0.6) is 0 Å². The van der Waals surface area contributed by atoms with E-state index in [1.54, 1.807) is 0 Å². The number of amides is 2.